The van der Waals surface area contributed by atoms with Crippen LogP contribution in [0.4, 0.5) is 4.79 Å². The van der Waals surface area contributed by atoms with Gasteiger partial charge in [-0.05, 0) is 12.5 Å². The number of fused-ring (bicyclic) bond motifs is 1. The van der Waals surface area contributed by atoms with Crippen LogP contribution in [0.2, 0.25) is 0 Å². The van der Waals surface area contributed by atoms with E-state index in [2.05, 4.69) is 10.6 Å². The number of amides is 6. The molecule has 0 aromatic heterocycles. The number of nitrogens with one attached hydrogen (secondary N) is 2. The molecule has 15 heteroatoms. The number of carbonyl (C=O) groups excluding carboxylic acids is 6. The van der Waals surface area contributed by atoms with E-state index in [0.29, 0.717) is 12.1 Å². The van der Waals surface area contributed by atoms with Crippen LogP contribution in [0.1, 0.15) is 25.5 Å². The first kappa shape index (κ1) is 28.6. The summed E-state index contributed by atoms with van der Waals surface area (Å²) in [5.74, 6) is -5.12. The Kier molecular flexibility index (Phi) is 8.42. The molecule has 0 aliphatic carbocycles. The number of ether oxygens (including phenoxy) is 1. The second-order valence-corrected chi connectivity index (χ2v) is 10.2. The average Bonchev–Trinajstić information content (AvgIpc) is 2.94. The summed E-state index contributed by atoms with van der Waals surface area (Å²) in [5, 5.41) is 14.1. The van der Waals surface area contributed by atoms with Gasteiger partial charge in [-0.15, -0.1) is 11.8 Å². The summed E-state index contributed by atoms with van der Waals surface area (Å²) in [5.41, 5.74) is 0.302. The quantitative estimate of drug-likeness (QED) is 0.207. The SMILES string of the molecule is CCN1CCN(C(=O)NC(C(=O)N[C@@H]2C(=O)N3C(C(=O)O)=C(COC(C)=O)CS[C@H]23)c2ccccc2)C(=O)C1=O. The van der Waals surface area contributed by atoms with Gasteiger partial charge in [-0.2, -0.15) is 0 Å². The van der Waals surface area contributed by atoms with Gasteiger partial charge in [0.25, 0.3) is 5.91 Å². The normalized spacial score (nSPS) is 21.4. The van der Waals surface area contributed by atoms with E-state index in [9.17, 15) is 38.7 Å². The zero-order valence-electron chi connectivity index (χ0n) is 21.6. The van der Waals surface area contributed by atoms with Crippen LogP contribution in [0.3, 0.4) is 0 Å². The molecule has 14 nitrogen and oxygen atoms in total. The van der Waals surface area contributed by atoms with Gasteiger partial charge in [-0.1, -0.05) is 30.3 Å². The summed E-state index contributed by atoms with van der Waals surface area (Å²) in [6.07, 6.45) is 0. The summed E-state index contributed by atoms with van der Waals surface area (Å²) in [7, 11) is 0. The minimum Gasteiger partial charge on any atom is -0.477 e. The molecule has 4 rings (SSSR count). The van der Waals surface area contributed by atoms with Crippen LogP contribution < -0.4 is 10.6 Å². The Morgan fingerprint density at radius 1 is 1.10 bits per heavy atom. The maximum Gasteiger partial charge on any atom is 0.352 e. The van der Waals surface area contributed by atoms with E-state index in [0.717, 1.165) is 9.80 Å². The highest BCUT2D eigenvalue weighted by atomic mass is 32.2. The van der Waals surface area contributed by atoms with Gasteiger partial charge in [0, 0.05) is 37.9 Å². The first-order chi connectivity index (χ1) is 19.0. The lowest BCUT2D eigenvalue weighted by molar-refractivity contribution is -0.153. The Balaban J connectivity index is 1.50. The van der Waals surface area contributed by atoms with Gasteiger partial charge in [0.1, 0.15) is 29.8 Å². The fourth-order valence-corrected chi connectivity index (χ4v) is 5.86. The van der Waals surface area contributed by atoms with Crippen molar-refractivity contribution in [3.05, 3.63) is 47.2 Å². The van der Waals surface area contributed by atoms with Crippen molar-refractivity contribution in [1.82, 2.24) is 25.3 Å². The molecule has 0 bridgehead atoms. The highest BCUT2D eigenvalue weighted by Crippen LogP contribution is 2.40. The number of hydrogen-bond donors (Lipinski definition) is 3. The van der Waals surface area contributed by atoms with Crippen molar-refractivity contribution in [1.29, 1.82) is 0 Å². The van der Waals surface area contributed by atoms with Crippen molar-refractivity contribution in [2.24, 2.45) is 0 Å². The van der Waals surface area contributed by atoms with Crippen LogP contribution in [0, 0.1) is 0 Å². The van der Waals surface area contributed by atoms with Crippen molar-refractivity contribution >= 4 is 53.4 Å². The van der Waals surface area contributed by atoms with Gasteiger partial charge < -0.3 is 25.4 Å². The fourth-order valence-electron chi connectivity index (χ4n) is 4.54. The Labute approximate surface area is 232 Å². The first-order valence-electron chi connectivity index (χ1n) is 12.3. The smallest absolute Gasteiger partial charge is 0.352 e. The number of carbonyl (C=O) groups is 7. The topological polar surface area (TPSA) is 183 Å². The van der Waals surface area contributed by atoms with Crippen LogP contribution >= 0.6 is 11.8 Å². The summed E-state index contributed by atoms with van der Waals surface area (Å²) in [4.78, 5) is 90.4. The number of thioether (sulfide) groups is 1. The molecule has 0 spiro atoms. The molecule has 3 atom stereocenters. The number of imide groups is 1. The molecule has 2 saturated heterocycles. The molecule has 3 aliphatic rings. The lowest BCUT2D eigenvalue weighted by atomic mass is 10.0. The number of hydrogen-bond acceptors (Lipinski definition) is 9. The highest BCUT2D eigenvalue weighted by molar-refractivity contribution is 8.00. The molecule has 0 radical (unpaired) electrons. The van der Waals surface area contributed by atoms with Crippen LogP contribution in [-0.2, 0) is 33.5 Å². The predicted molar refractivity (Wildman–Crippen MR) is 138 cm³/mol. The van der Waals surface area contributed by atoms with Crippen molar-refractivity contribution in [3.63, 3.8) is 0 Å². The molecule has 1 unspecified atom stereocenters. The number of piperazine rings is 1. The molecule has 0 saturated carbocycles. The van der Waals surface area contributed by atoms with Crippen LogP contribution in [-0.4, -0.2) is 105 Å². The van der Waals surface area contributed by atoms with Gasteiger partial charge >= 0.3 is 29.8 Å². The van der Waals surface area contributed by atoms with Gasteiger partial charge in [-0.25, -0.2) is 9.59 Å². The number of benzene rings is 1. The van der Waals surface area contributed by atoms with E-state index in [1.165, 1.54) is 23.6 Å². The second kappa shape index (κ2) is 11.8. The Hall–Kier alpha value is -4.40. The third kappa shape index (κ3) is 5.50. The number of rotatable bonds is 8. The standard InChI is InChI=1S/C25H27N5O9S/c1-3-28-9-10-29(22(35)21(28)34)25(38)27-16(14-7-5-4-6-8-14)19(32)26-17-20(33)30-18(24(36)37)15(11-39-13(2)31)12-40-23(17)30/h4-8,16-17,23H,3,9-12H2,1-2H3,(H,26,32)(H,27,38)(H,36,37)/t16?,17-,23-/m1/s1. The average molecular weight is 574 g/mol. The lowest BCUT2D eigenvalue weighted by Gasteiger charge is -2.49. The summed E-state index contributed by atoms with van der Waals surface area (Å²) >= 11 is 1.19. The number of urea groups is 1. The maximum absolute atomic E-state index is 13.4. The molecule has 3 heterocycles. The van der Waals surface area contributed by atoms with Gasteiger partial charge in [0.05, 0.1) is 0 Å². The van der Waals surface area contributed by atoms with E-state index < -0.39 is 59.1 Å². The molecule has 40 heavy (non-hydrogen) atoms. The predicted octanol–water partition coefficient (Wildman–Crippen LogP) is -0.570. The third-order valence-electron chi connectivity index (χ3n) is 6.60. The minimum absolute atomic E-state index is 0.0534. The number of carboxylic acids is 1. The van der Waals surface area contributed by atoms with Crippen molar-refractivity contribution in [3.8, 4) is 0 Å². The number of likely N-dealkylation sites (N-methyl/N-ethyl adjacent to an activating group) is 1. The fraction of sp³-hybridized carbons (Fsp3) is 0.400. The third-order valence-corrected chi connectivity index (χ3v) is 7.94. The number of carboxylic acid groups (broad SMARTS) is 1. The second-order valence-electron chi connectivity index (χ2n) is 9.07. The largest absolute Gasteiger partial charge is 0.477 e. The van der Waals surface area contributed by atoms with Crippen LogP contribution in [0.5, 0.6) is 0 Å². The highest BCUT2D eigenvalue weighted by Gasteiger charge is 2.54. The molecular formula is C25H27N5O9S. The first-order valence-corrected chi connectivity index (χ1v) is 13.4. The molecule has 3 N–H and O–H groups in total. The number of esters is 1. The zero-order chi connectivity index (χ0) is 29.1. The summed E-state index contributed by atoms with van der Waals surface area (Å²) in [6.45, 7) is 3.02. The van der Waals surface area contributed by atoms with E-state index in [1.54, 1.807) is 37.3 Å². The van der Waals surface area contributed by atoms with Gasteiger partial charge in [0.15, 0.2) is 0 Å². The Morgan fingerprint density at radius 3 is 2.42 bits per heavy atom. The van der Waals surface area contributed by atoms with Gasteiger partial charge in [0.2, 0.25) is 5.91 Å². The van der Waals surface area contributed by atoms with Crippen LogP contribution in [0.15, 0.2) is 41.6 Å². The molecule has 1 aromatic rings. The van der Waals surface area contributed by atoms with Crippen molar-refractivity contribution < 1.29 is 43.4 Å². The molecule has 1 aromatic carbocycles. The molecule has 212 valence electrons. The molecule has 2 fully saturated rings. The lowest BCUT2D eigenvalue weighted by Crippen LogP contribution is -2.71. The maximum atomic E-state index is 13.4. The zero-order valence-corrected chi connectivity index (χ0v) is 22.4. The summed E-state index contributed by atoms with van der Waals surface area (Å²) in [6, 6.07) is 4.75. The Morgan fingerprint density at radius 2 is 1.80 bits per heavy atom. The van der Waals surface area contributed by atoms with Crippen molar-refractivity contribution in [2.75, 3.05) is 32.0 Å². The molecular weight excluding hydrogens is 546 g/mol. The van der Waals surface area contributed by atoms with Crippen molar-refractivity contribution in [2.45, 2.75) is 31.3 Å². The van der Waals surface area contributed by atoms with E-state index in [1.807, 2.05) is 0 Å². The van der Waals surface area contributed by atoms with Gasteiger partial charge in [-0.3, -0.25) is 33.8 Å². The number of β-lactam (4-membered cyclic amide) rings is 1. The monoisotopic (exact) mass is 573 g/mol. The summed E-state index contributed by atoms with van der Waals surface area (Å²) < 4.78 is 4.92. The number of aliphatic carboxylic acids is 1. The number of nitrogens with zero attached hydrogens (tertiary/aromatic N) is 3. The molecule has 6 amide bonds. The van der Waals surface area contributed by atoms with E-state index >= 15 is 0 Å². The molecule has 3 aliphatic heterocycles. The van der Waals surface area contributed by atoms with Crippen LogP contribution in [0.25, 0.3) is 0 Å². The van der Waals surface area contributed by atoms with E-state index in [4.69, 9.17) is 4.74 Å². The minimum atomic E-state index is -1.37. The Bertz CT molecular complexity index is 1300. The van der Waals surface area contributed by atoms with E-state index in [-0.39, 0.29) is 36.7 Å².